The predicted octanol–water partition coefficient (Wildman–Crippen LogP) is 5.78. The van der Waals surface area contributed by atoms with Crippen LogP contribution in [0.2, 0.25) is 0 Å². The van der Waals surface area contributed by atoms with Crippen molar-refractivity contribution < 1.29 is 15.1 Å². The Bertz CT molecular complexity index is 872. The van der Waals surface area contributed by atoms with Crippen molar-refractivity contribution in [3.63, 3.8) is 0 Å². The lowest BCUT2D eigenvalue weighted by atomic mass is 9.89. The van der Waals surface area contributed by atoms with Crippen LogP contribution in [0.1, 0.15) is 59.4 Å². The summed E-state index contributed by atoms with van der Waals surface area (Å²) in [5.74, 6) is 0.797. The minimum atomic E-state index is -1.11. The molecule has 0 amide bonds. The maximum atomic E-state index is 11.1. The Labute approximate surface area is 174 Å². The van der Waals surface area contributed by atoms with Gasteiger partial charge >= 0.3 is 0 Å². The highest BCUT2D eigenvalue weighted by Gasteiger charge is 2.43. The summed E-state index contributed by atoms with van der Waals surface area (Å²) in [4.78, 5) is 0. The van der Waals surface area contributed by atoms with E-state index in [2.05, 4.69) is 32.9 Å². The van der Waals surface area contributed by atoms with Crippen LogP contribution in [0.4, 0.5) is 5.69 Å². The lowest BCUT2D eigenvalue weighted by Gasteiger charge is -2.31. The van der Waals surface area contributed by atoms with E-state index in [4.69, 9.17) is 4.74 Å². The third-order valence-electron chi connectivity index (χ3n) is 5.78. The fourth-order valence-electron chi connectivity index (χ4n) is 3.88. The van der Waals surface area contributed by atoms with E-state index in [0.29, 0.717) is 6.42 Å². The number of nitrogens with zero attached hydrogens (tertiary/aromatic N) is 1. The highest BCUT2D eigenvalue weighted by Crippen LogP contribution is 2.46. The highest BCUT2D eigenvalue weighted by molar-refractivity contribution is 5.80. The summed E-state index contributed by atoms with van der Waals surface area (Å²) in [7, 11) is 0. The van der Waals surface area contributed by atoms with Gasteiger partial charge in [-0.2, -0.15) is 0 Å². The third kappa shape index (κ3) is 4.65. The predicted molar refractivity (Wildman–Crippen MR) is 119 cm³/mol. The van der Waals surface area contributed by atoms with Gasteiger partial charge in [0.1, 0.15) is 17.5 Å². The molecule has 2 aliphatic heterocycles. The Balaban J connectivity index is 1.71. The van der Waals surface area contributed by atoms with E-state index in [0.717, 1.165) is 35.4 Å². The monoisotopic (exact) mass is 395 g/mol. The van der Waals surface area contributed by atoms with Crippen molar-refractivity contribution in [3.8, 4) is 0 Å². The first-order valence-electron chi connectivity index (χ1n) is 10.4. The summed E-state index contributed by atoms with van der Waals surface area (Å²) in [6.07, 6.45) is 10.3. The molecule has 0 spiro atoms. The number of benzene rings is 1. The number of hydroxylamine groups is 1. The summed E-state index contributed by atoms with van der Waals surface area (Å²) in [6.45, 7) is 10.1. The van der Waals surface area contributed by atoms with Gasteiger partial charge in [-0.25, -0.2) is 5.06 Å². The summed E-state index contributed by atoms with van der Waals surface area (Å²) < 4.78 is 6.24. The number of fused-ring (bicyclic) bond motifs is 2. The molecule has 3 rings (SSSR count). The van der Waals surface area contributed by atoms with E-state index in [9.17, 15) is 10.3 Å². The standard InChI is InChI=1S/C25H33NO3/c1-17(2)10-8-11-18(3)12-9-15-25(5,27)23-16-21-19(4)26(28)22-14-7-6-13-20(22)24(21)29-23/h6-7,9-10,12-15,19,23,27-28H,8,11,16H2,1-5H3. The Morgan fingerprint density at radius 1 is 1.28 bits per heavy atom. The summed E-state index contributed by atoms with van der Waals surface area (Å²) in [5, 5.41) is 22.9. The second-order valence-corrected chi connectivity index (χ2v) is 8.62. The average Bonchev–Trinajstić information content (AvgIpc) is 3.12. The van der Waals surface area contributed by atoms with Crippen LogP contribution in [-0.2, 0) is 4.74 Å². The summed E-state index contributed by atoms with van der Waals surface area (Å²) >= 11 is 0. The van der Waals surface area contributed by atoms with Gasteiger partial charge in [-0.05, 0) is 65.7 Å². The molecule has 3 atom stereocenters. The largest absolute Gasteiger partial charge is 0.486 e. The zero-order chi connectivity index (χ0) is 21.2. The molecule has 3 unspecified atom stereocenters. The van der Waals surface area contributed by atoms with Crippen LogP contribution < -0.4 is 5.06 Å². The Morgan fingerprint density at radius 2 is 2.00 bits per heavy atom. The SMILES string of the molecule is CC(C)=CCCC(C)=CC=CC(C)(O)C1CC2=C(O1)c1ccccc1N(O)C2C. The maximum absolute atomic E-state index is 11.1. The second kappa shape index (κ2) is 8.60. The number of anilines is 1. The highest BCUT2D eigenvalue weighted by atomic mass is 16.5. The minimum absolute atomic E-state index is 0.179. The number of hydrogen-bond donors (Lipinski definition) is 2. The fourth-order valence-corrected chi connectivity index (χ4v) is 3.88. The third-order valence-corrected chi connectivity index (χ3v) is 5.78. The van der Waals surface area contributed by atoms with Gasteiger partial charge in [-0.3, -0.25) is 5.21 Å². The van der Waals surface area contributed by atoms with E-state index in [1.807, 2.05) is 43.3 Å². The van der Waals surface area contributed by atoms with Gasteiger partial charge in [0.2, 0.25) is 0 Å². The molecule has 1 aromatic carbocycles. The number of ether oxygens (including phenoxy) is 1. The topological polar surface area (TPSA) is 52.9 Å². The first-order chi connectivity index (χ1) is 13.7. The van der Waals surface area contributed by atoms with Gasteiger partial charge in [0.15, 0.2) is 0 Å². The van der Waals surface area contributed by atoms with Crippen LogP contribution >= 0.6 is 0 Å². The molecule has 29 heavy (non-hydrogen) atoms. The first-order valence-corrected chi connectivity index (χ1v) is 10.4. The zero-order valence-corrected chi connectivity index (χ0v) is 18.1. The van der Waals surface area contributed by atoms with E-state index < -0.39 is 5.60 Å². The molecule has 0 saturated carbocycles. The lowest BCUT2D eigenvalue weighted by Crippen LogP contribution is -2.38. The van der Waals surface area contributed by atoms with Gasteiger partial charge in [0.25, 0.3) is 0 Å². The van der Waals surface area contributed by atoms with Crippen molar-refractivity contribution in [2.75, 3.05) is 5.06 Å². The number of aliphatic hydroxyl groups is 1. The smallest absolute Gasteiger partial charge is 0.135 e. The van der Waals surface area contributed by atoms with Crippen LogP contribution in [0.5, 0.6) is 0 Å². The molecule has 4 nitrogen and oxygen atoms in total. The fraction of sp³-hybridized carbons (Fsp3) is 0.440. The van der Waals surface area contributed by atoms with Crippen molar-refractivity contribution >= 4 is 11.4 Å². The molecule has 0 saturated heterocycles. The zero-order valence-electron chi connectivity index (χ0n) is 18.1. The molecular formula is C25H33NO3. The average molecular weight is 396 g/mol. The van der Waals surface area contributed by atoms with E-state index in [-0.39, 0.29) is 12.1 Å². The summed E-state index contributed by atoms with van der Waals surface area (Å²) in [6, 6.07) is 7.49. The molecule has 2 heterocycles. The molecule has 0 aromatic heterocycles. The van der Waals surface area contributed by atoms with E-state index in [1.165, 1.54) is 16.2 Å². The van der Waals surface area contributed by atoms with Crippen LogP contribution in [-0.4, -0.2) is 28.1 Å². The minimum Gasteiger partial charge on any atom is -0.486 e. The Morgan fingerprint density at radius 3 is 2.72 bits per heavy atom. The van der Waals surface area contributed by atoms with Crippen LogP contribution in [0.3, 0.4) is 0 Å². The molecule has 0 aliphatic carbocycles. The number of hydrogen-bond acceptors (Lipinski definition) is 4. The normalized spacial score (nSPS) is 23.6. The summed E-state index contributed by atoms with van der Waals surface area (Å²) in [5.41, 5.74) is 4.15. The lowest BCUT2D eigenvalue weighted by molar-refractivity contribution is -0.0148. The van der Waals surface area contributed by atoms with Crippen LogP contribution in [0.15, 0.2) is 65.3 Å². The van der Waals surface area contributed by atoms with Crippen molar-refractivity contribution in [3.05, 3.63) is 70.9 Å². The quantitative estimate of drug-likeness (QED) is 0.473. The Kier molecular flexibility index (Phi) is 6.35. The second-order valence-electron chi connectivity index (χ2n) is 8.62. The van der Waals surface area contributed by atoms with Gasteiger partial charge in [0, 0.05) is 17.6 Å². The molecular weight excluding hydrogens is 362 g/mol. The molecule has 2 aliphatic rings. The van der Waals surface area contributed by atoms with Crippen molar-refractivity contribution in [1.29, 1.82) is 0 Å². The van der Waals surface area contributed by atoms with Crippen LogP contribution in [0.25, 0.3) is 5.76 Å². The van der Waals surface area contributed by atoms with E-state index >= 15 is 0 Å². The molecule has 1 aromatic rings. The van der Waals surface area contributed by atoms with Gasteiger partial charge in [-0.1, -0.05) is 41.5 Å². The molecule has 0 bridgehead atoms. The first kappa shape index (κ1) is 21.4. The van der Waals surface area contributed by atoms with Crippen molar-refractivity contribution in [1.82, 2.24) is 0 Å². The number of allylic oxidation sites excluding steroid dienone is 5. The van der Waals surface area contributed by atoms with Crippen molar-refractivity contribution in [2.24, 2.45) is 0 Å². The molecule has 156 valence electrons. The van der Waals surface area contributed by atoms with Gasteiger partial charge in [0.05, 0.1) is 11.7 Å². The van der Waals surface area contributed by atoms with Gasteiger partial charge in [-0.15, -0.1) is 0 Å². The molecule has 0 fully saturated rings. The van der Waals surface area contributed by atoms with Crippen molar-refractivity contribution in [2.45, 2.75) is 71.6 Å². The number of para-hydroxylation sites is 1. The van der Waals surface area contributed by atoms with E-state index in [1.54, 1.807) is 6.92 Å². The van der Waals surface area contributed by atoms with Crippen LogP contribution in [0, 0.1) is 0 Å². The maximum Gasteiger partial charge on any atom is 0.135 e. The number of rotatable bonds is 6. The molecule has 2 N–H and O–H groups in total. The molecule has 4 heteroatoms. The Hall–Kier alpha value is -2.30. The van der Waals surface area contributed by atoms with Gasteiger partial charge < -0.3 is 9.84 Å². The molecule has 0 radical (unpaired) electrons.